The summed E-state index contributed by atoms with van der Waals surface area (Å²) in [6.07, 6.45) is 0. The molecular formula is C21H22. The van der Waals surface area contributed by atoms with Crippen molar-refractivity contribution in [3.63, 3.8) is 0 Å². The number of hydrogen-bond donors (Lipinski definition) is 0. The Bertz CT molecular complexity index is 799. The highest BCUT2D eigenvalue weighted by Gasteiger charge is 2.53. The Balaban J connectivity index is 2.35. The minimum atomic E-state index is 0.127. The highest BCUT2D eigenvalue weighted by atomic mass is 14.6. The van der Waals surface area contributed by atoms with Gasteiger partial charge in [0.15, 0.2) is 0 Å². The van der Waals surface area contributed by atoms with Gasteiger partial charge in [0.2, 0.25) is 0 Å². The first-order valence-corrected chi connectivity index (χ1v) is 7.57. The smallest absolute Gasteiger partial charge is 0.0129 e. The summed E-state index contributed by atoms with van der Waals surface area (Å²) in [5, 5.41) is 2.63. The summed E-state index contributed by atoms with van der Waals surface area (Å²) in [6, 6.07) is 15.2. The van der Waals surface area contributed by atoms with Crippen molar-refractivity contribution in [2.45, 2.75) is 34.6 Å². The van der Waals surface area contributed by atoms with Crippen LogP contribution < -0.4 is 0 Å². The van der Waals surface area contributed by atoms with E-state index in [4.69, 9.17) is 0 Å². The number of hydrogen-bond acceptors (Lipinski definition) is 0. The zero-order chi connectivity index (χ0) is 15.3. The largest absolute Gasteiger partial charge is 0.102 e. The molecule has 0 aliphatic heterocycles. The number of allylic oxidation sites excluding steroid dienone is 2. The average Bonchev–Trinajstić information content (AvgIpc) is 2.46. The quantitative estimate of drug-likeness (QED) is 0.587. The lowest BCUT2D eigenvalue weighted by molar-refractivity contribution is 0.193. The molecule has 0 aromatic heterocycles. The number of benzene rings is 2. The van der Waals surface area contributed by atoms with E-state index in [1.807, 2.05) is 6.92 Å². The van der Waals surface area contributed by atoms with Crippen molar-refractivity contribution in [2.75, 3.05) is 0 Å². The highest BCUT2D eigenvalue weighted by Crippen LogP contribution is 2.64. The normalized spacial score (nSPS) is 18.9. The maximum absolute atomic E-state index is 3.37. The second-order valence-electron chi connectivity index (χ2n) is 6.90. The van der Waals surface area contributed by atoms with E-state index in [1.54, 1.807) is 0 Å². The lowest BCUT2D eigenvalue weighted by atomic mass is 9.48. The third kappa shape index (κ3) is 1.77. The van der Waals surface area contributed by atoms with Gasteiger partial charge in [0.1, 0.15) is 0 Å². The Morgan fingerprint density at radius 2 is 1.48 bits per heavy atom. The molecule has 1 aliphatic carbocycles. The first-order valence-electron chi connectivity index (χ1n) is 7.57. The standard InChI is InChI=1S/C21H22/c1-6-10-18-19(21(4,5)20(18,2)3)17-14-9-12-15-11-7-8-13-16(15)17/h7-9,11-14H,1-5H3. The maximum Gasteiger partial charge on any atom is 0.0129 e. The molecule has 1 aliphatic rings. The molecule has 0 unspecified atom stereocenters. The molecule has 0 spiro atoms. The molecule has 0 bridgehead atoms. The molecule has 0 N–H and O–H groups in total. The van der Waals surface area contributed by atoms with Crippen LogP contribution in [0.2, 0.25) is 0 Å². The summed E-state index contributed by atoms with van der Waals surface area (Å²) >= 11 is 0. The Hall–Kier alpha value is -2.00. The predicted octanol–water partition coefficient (Wildman–Crippen LogP) is 5.68. The van der Waals surface area contributed by atoms with Crippen LogP contribution in [0.5, 0.6) is 0 Å². The van der Waals surface area contributed by atoms with Gasteiger partial charge in [-0.25, -0.2) is 0 Å². The Morgan fingerprint density at radius 3 is 2.19 bits per heavy atom. The second-order valence-corrected chi connectivity index (χ2v) is 6.90. The van der Waals surface area contributed by atoms with Crippen LogP contribution in [0.4, 0.5) is 0 Å². The van der Waals surface area contributed by atoms with E-state index >= 15 is 0 Å². The predicted molar refractivity (Wildman–Crippen MR) is 91.9 cm³/mol. The van der Waals surface area contributed by atoms with Gasteiger partial charge in [0.25, 0.3) is 0 Å². The molecule has 0 nitrogen and oxygen atoms in total. The molecule has 0 saturated heterocycles. The van der Waals surface area contributed by atoms with E-state index in [0.717, 1.165) is 0 Å². The van der Waals surface area contributed by atoms with Gasteiger partial charge in [-0.3, -0.25) is 0 Å². The fourth-order valence-electron chi connectivity index (χ4n) is 3.45. The lowest BCUT2D eigenvalue weighted by Gasteiger charge is -2.54. The van der Waals surface area contributed by atoms with Crippen molar-refractivity contribution < 1.29 is 0 Å². The van der Waals surface area contributed by atoms with Crippen LogP contribution in [0.1, 0.15) is 40.2 Å². The maximum atomic E-state index is 3.37. The van der Waals surface area contributed by atoms with Crippen LogP contribution >= 0.6 is 0 Å². The van der Waals surface area contributed by atoms with Gasteiger partial charge in [-0.05, 0) is 28.8 Å². The molecule has 0 saturated carbocycles. The van der Waals surface area contributed by atoms with Crippen molar-refractivity contribution in [1.29, 1.82) is 0 Å². The average molecular weight is 274 g/mol. The van der Waals surface area contributed by atoms with Crippen LogP contribution in [-0.2, 0) is 0 Å². The van der Waals surface area contributed by atoms with Crippen molar-refractivity contribution in [2.24, 2.45) is 10.8 Å². The van der Waals surface area contributed by atoms with Gasteiger partial charge in [-0.2, -0.15) is 0 Å². The van der Waals surface area contributed by atoms with Gasteiger partial charge >= 0.3 is 0 Å². The molecule has 3 rings (SSSR count). The van der Waals surface area contributed by atoms with E-state index < -0.39 is 0 Å². The molecule has 0 amide bonds. The van der Waals surface area contributed by atoms with E-state index in [0.29, 0.717) is 0 Å². The molecule has 0 fully saturated rings. The number of rotatable bonds is 1. The van der Waals surface area contributed by atoms with Crippen LogP contribution in [0, 0.1) is 22.7 Å². The minimum Gasteiger partial charge on any atom is -0.102 e. The summed E-state index contributed by atoms with van der Waals surface area (Å²) in [5.74, 6) is 6.47. The van der Waals surface area contributed by atoms with Crippen LogP contribution in [0.15, 0.2) is 48.0 Å². The van der Waals surface area contributed by atoms with E-state index in [1.165, 1.54) is 27.5 Å². The molecule has 0 atom stereocenters. The molecule has 2 aromatic carbocycles. The van der Waals surface area contributed by atoms with Gasteiger partial charge in [-0.1, -0.05) is 76.1 Å². The number of fused-ring (bicyclic) bond motifs is 1. The minimum absolute atomic E-state index is 0.127. The zero-order valence-corrected chi connectivity index (χ0v) is 13.5. The SMILES string of the molecule is CC#CC1=C(c2cccc3ccccc23)C(C)(C)C1(C)C. The summed E-state index contributed by atoms with van der Waals surface area (Å²) in [6.45, 7) is 11.2. The van der Waals surface area contributed by atoms with Gasteiger partial charge in [0.05, 0.1) is 0 Å². The fraction of sp³-hybridized carbons (Fsp3) is 0.333. The van der Waals surface area contributed by atoms with Crippen molar-refractivity contribution in [3.8, 4) is 11.8 Å². The van der Waals surface area contributed by atoms with Crippen LogP contribution in [-0.4, -0.2) is 0 Å². The Kier molecular flexibility index (Phi) is 2.99. The lowest BCUT2D eigenvalue weighted by Crippen LogP contribution is -2.45. The first-order chi connectivity index (χ1) is 9.91. The third-order valence-electron chi connectivity index (χ3n) is 5.37. The topological polar surface area (TPSA) is 0 Å². The zero-order valence-electron chi connectivity index (χ0n) is 13.5. The van der Waals surface area contributed by atoms with Crippen molar-refractivity contribution in [3.05, 3.63) is 53.6 Å². The van der Waals surface area contributed by atoms with Gasteiger partial charge in [0, 0.05) is 16.4 Å². The Labute approximate surface area is 127 Å². The summed E-state index contributed by atoms with van der Waals surface area (Å²) < 4.78 is 0. The summed E-state index contributed by atoms with van der Waals surface area (Å²) in [5.41, 5.74) is 4.32. The van der Waals surface area contributed by atoms with E-state index in [-0.39, 0.29) is 10.8 Å². The molecular weight excluding hydrogens is 252 g/mol. The van der Waals surface area contributed by atoms with Crippen LogP contribution in [0.3, 0.4) is 0 Å². The van der Waals surface area contributed by atoms with E-state index in [9.17, 15) is 0 Å². The monoisotopic (exact) mass is 274 g/mol. The summed E-state index contributed by atoms with van der Waals surface area (Å²) in [7, 11) is 0. The molecule has 0 heterocycles. The molecule has 0 heteroatoms. The molecule has 2 aromatic rings. The molecule has 21 heavy (non-hydrogen) atoms. The second kappa shape index (κ2) is 4.50. The van der Waals surface area contributed by atoms with Crippen molar-refractivity contribution >= 4 is 16.3 Å². The Morgan fingerprint density at radius 1 is 0.810 bits per heavy atom. The third-order valence-corrected chi connectivity index (χ3v) is 5.37. The summed E-state index contributed by atoms with van der Waals surface area (Å²) in [4.78, 5) is 0. The first kappa shape index (κ1) is 14.0. The molecule has 106 valence electrons. The van der Waals surface area contributed by atoms with Gasteiger partial charge in [-0.15, -0.1) is 5.92 Å². The fourth-order valence-corrected chi connectivity index (χ4v) is 3.45. The van der Waals surface area contributed by atoms with Crippen LogP contribution in [0.25, 0.3) is 16.3 Å². The van der Waals surface area contributed by atoms with E-state index in [2.05, 4.69) is 82.0 Å². The van der Waals surface area contributed by atoms with Gasteiger partial charge < -0.3 is 0 Å². The highest BCUT2D eigenvalue weighted by molar-refractivity contribution is 5.99. The molecule has 0 radical (unpaired) electrons. The van der Waals surface area contributed by atoms with Crippen molar-refractivity contribution in [1.82, 2.24) is 0 Å².